The van der Waals surface area contributed by atoms with Crippen LogP contribution in [0.15, 0.2) is 84.1 Å². The number of thiol groups is 1. The lowest BCUT2D eigenvalue weighted by atomic mass is 10.00. The highest BCUT2D eigenvalue weighted by molar-refractivity contribution is 7.79. The van der Waals surface area contributed by atoms with E-state index in [-0.39, 0.29) is 11.8 Å². The highest BCUT2D eigenvalue weighted by Crippen LogP contribution is 2.42. The molecule has 0 spiro atoms. The van der Waals surface area contributed by atoms with Crippen molar-refractivity contribution in [3.05, 3.63) is 79.3 Å². The Morgan fingerprint density at radius 2 is 1.64 bits per heavy atom. The van der Waals surface area contributed by atoms with Crippen LogP contribution in [0.3, 0.4) is 0 Å². The van der Waals surface area contributed by atoms with Gasteiger partial charge in [0.2, 0.25) is 0 Å². The standard InChI is InChI=1S/C30H28N4O3S.H3N/c35-38(36)28-12-11-25(24-5-1-2-6-26(24)28)27-18-32-34-19-22(17-31-29(27)34)21-7-9-23(10-8-21)37-30(13-14-30)20-33-15-3-4-16-33;/h1-2,5-12,17-19,38H,3-4,13-16,20H2;1H3. The molecule has 3 heterocycles. The molecular formula is C30H31N5O3S. The summed E-state index contributed by atoms with van der Waals surface area (Å²) in [5.41, 5.74) is 4.47. The molecule has 1 saturated carbocycles. The molecule has 3 N–H and O–H groups in total. The van der Waals surface area contributed by atoms with Gasteiger partial charge in [0.1, 0.15) is 11.4 Å². The second-order valence-electron chi connectivity index (χ2n) is 10.4. The summed E-state index contributed by atoms with van der Waals surface area (Å²) in [7, 11) is 0. The summed E-state index contributed by atoms with van der Waals surface area (Å²) >= 11 is -2.69. The van der Waals surface area contributed by atoms with Crippen LogP contribution in [-0.4, -0.2) is 49.3 Å². The zero-order valence-electron chi connectivity index (χ0n) is 21.6. The molecule has 2 fully saturated rings. The van der Waals surface area contributed by atoms with Gasteiger partial charge in [-0.15, -0.1) is 4.21 Å². The van der Waals surface area contributed by atoms with Crippen molar-refractivity contribution in [2.45, 2.75) is 36.2 Å². The van der Waals surface area contributed by atoms with E-state index in [2.05, 4.69) is 22.1 Å². The van der Waals surface area contributed by atoms with Gasteiger partial charge in [-0.1, -0.05) is 30.3 Å². The minimum Gasteiger partial charge on any atom is -0.612 e. The molecule has 7 rings (SSSR count). The summed E-state index contributed by atoms with van der Waals surface area (Å²) in [4.78, 5) is 7.60. The average molecular weight is 542 g/mol. The maximum Gasteiger partial charge on any atom is 0.162 e. The van der Waals surface area contributed by atoms with Crippen LogP contribution >= 0.6 is 0 Å². The number of nitrogens with zero attached hydrogens (tertiary/aromatic N) is 4. The van der Waals surface area contributed by atoms with Crippen LogP contribution in [-0.2, 0) is 15.3 Å². The van der Waals surface area contributed by atoms with E-state index in [1.54, 1.807) is 16.8 Å². The predicted molar refractivity (Wildman–Crippen MR) is 153 cm³/mol. The van der Waals surface area contributed by atoms with E-state index in [0.717, 1.165) is 58.4 Å². The van der Waals surface area contributed by atoms with E-state index >= 15 is 0 Å². The van der Waals surface area contributed by atoms with E-state index < -0.39 is 11.1 Å². The first-order chi connectivity index (χ1) is 18.6. The Balaban J connectivity index is 0.00000277. The fourth-order valence-corrected chi connectivity index (χ4v) is 6.22. The molecule has 2 aliphatic rings. The van der Waals surface area contributed by atoms with Crippen molar-refractivity contribution in [1.29, 1.82) is 0 Å². The van der Waals surface area contributed by atoms with Gasteiger partial charge in [-0.05, 0) is 85.6 Å². The average Bonchev–Trinajstić information content (AvgIpc) is 3.30. The summed E-state index contributed by atoms with van der Waals surface area (Å²) in [5.74, 6) is 0.913. The Labute approximate surface area is 229 Å². The second-order valence-corrected chi connectivity index (χ2v) is 11.4. The normalized spacial score (nSPS) is 17.3. The monoisotopic (exact) mass is 541 g/mol. The van der Waals surface area contributed by atoms with Crippen molar-refractivity contribution in [3.63, 3.8) is 0 Å². The third-order valence-corrected chi connectivity index (χ3v) is 8.57. The van der Waals surface area contributed by atoms with Gasteiger partial charge in [0, 0.05) is 35.5 Å². The third-order valence-electron chi connectivity index (χ3n) is 7.78. The van der Waals surface area contributed by atoms with Crippen molar-refractivity contribution >= 4 is 27.5 Å². The van der Waals surface area contributed by atoms with Gasteiger partial charge in [-0.3, -0.25) is 4.90 Å². The van der Waals surface area contributed by atoms with Gasteiger partial charge < -0.3 is 15.4 Å². The first kappa shape index (κ1) is 25.6. The van der Waals surface area contributed by atoms with Crippen LogP contribution in [0.25, 0.3) is 38.7 Å². The molecule has 2 aromatic heterocycles. The minimum atomic E-state index is -2.69. The van der Waals surface area contributed by atoms with Crippen LogP contribution in [0.1, 0.15) is 25.7 Å². The summed E-state index contributed by atoms with van der Waals surface area (Å²) in [6.45, 7) is 3.42. The molecule has 1 aliphatic carbocycles. The van der Waals surface area contributed by atoms with Crippen LogP contribution in [0.5, 0.6) is 5.75 Å². The van der Waals surface area contributed by atoms with E-state index in [1.807, 2.05) is 54.9 Å². The Morgan fingerprint density at radius 1 is 0.897 bits per heavy atom. The molecule has 0 bridgehead atoms. The topological polar surface area (TPSA) is 118 Å². The quantitative estimate of drug-likeness (QED) is 0.211. The Bertz CT molecular complexity index is 1670. The van der Waals surface area contributed by atoms with Gasteiger partial charge >= 0.3 is 0 Å². The Kier molecular flexibility index (Phi) is 6.68. The molecule has 9 heteroatoms. The zero-order valence-corrected chi connectivity index (χ0v) is 22.5. The smallest absolute Gasteiger partial charge is 0.162 e. The fraction of sp³-hybridized carbons (Fsp3) is 0.267. The molecule has 1 saturated heterocycles. The Hall–Kier alpha value is -3.63. The first-order valence-electron chi connectivity index (χ1n) is 13.1. The zero-order chi connectivity index (χ0) is 25.7. The van der Waals surface area contributed by atoms with E-state index in [1.165, 1.54) is 25.9 Å². The largest absolute Gasteiger partial charge is 0.612 e. The molecule has 0 radical (unpaired) electrons. The van der Waals surface area contributed by atoms with Crippen molar-refractivity contribution in [2.75, 3.05) is 19.6 Å². The van der Waals surface area contributed by atoms with Crippen LogP contribution in [0.2, 0.25) is 0 Å². The van der Waals surface area contributed by atoms with Gasteiger partial charge in [0.15, 0.2) is 10.5 Å². The molecule has 1 unspecified atom stereocenters. The highest BCUT2D eigenvalue weighted by Gasteiger charge is 2.47. The van der Waals surface area contributed by atoms with E-state index in [0.29, 0.717) is 10.3 Å². The number of likely N-dealkylation sites (tertiary alicyclic amines) is 1. The summed E-state index contributed by atoms with van der Waals surface area (Å²) in [6, 6.07) is 19.3. The van der Waals surface area contributed by atoms with E-state index in [4.69, 9.17) is 9.72 Å². The van der Waals surface area contributed by atoms with Crippen molar-refractivity contribution in [3.8, 4) is 28.0 Å². The number of fused-ring (bicyclic) bond motifs is 2. The number of hydrogen-bond donors (Lipinski definition) is 1. The number of hydrogen-bond acceptors (Lipinski definition) is 7. The molecule has 8 nitrogen and oxygen atoms in total. The van der Waals surface area contributed by atoms with Gasteiger partial charge in [0.05, 0.1) is 17.3 Å². The molecule has 5 aromatic rings. The summed E-state index contributed by atoms with van der Waals surface area (Å²) in [6.07, 6.45) is 10.5. The molecule has 39 heavy (non-hydrogen) atoms. The minimum absolute atomic E-state index is 0. The molecule has 1 aliphatic heterocycles. The molecular weight excluding hydrogens is 510 g/mol. The van der Waals surface area contributed by atoms with Gasteiger partial charge in [-0.25, -0.2) is 9.50 Å². The van der Waals surface area contributed by atoms with Crippen LogP contribution in [0.4, 0.5) is 0 Å². The molecule has 0 amide bonds. The number of rotatable bonds is 7. The fourth-order valence-electron chi connectivity index (χ4n) is 5.64. The van der Waals surface area contributed by atoms with Gasteiger partial charge in [0.25, 0.3) is 0 Å². The SMILES string of the molecule is N.O=[SH+]([O-])c1ccc(-c2cnn3cc(-c4ccc(OC5(CN6CCCC6)CC5)cc4)cnc23)c2ccccc12. The number of aromatic nitrogens is 3. The van der Waals surface area contributed by atoms with Crippen molar-refractivity contribution in [1.82, 2.24) is 25.6 Å². The van der Waals surface area contributed by atoms with Crippen molar-refractivity contribution < 1.29 is 13.5 Å². The number of ether oxygens (including phenoxy) is 1. The van der Waals surface area contributed by atoms with Crippen LogP contribution < -0.4 is 10.9 Å². The highest BCUT2D eigenvalue weighted by atomic mass is 32.2. The summed E-state index contributed by atoms with van der Waals surface area (Å²) in [5, 5.41) is 6.14. The van der Waals surface area contributed by atoms with Crippen molar-refractivity contribution in [2.24, 2.45) is 0 Å². The predicted octanol–water partition coefficient (Wildman–Crippen LogP) is 5.57. The number of benzene rings is 3. The maximum atomic E-state index is 11.8. The molecule has 1 atom stereocenters. The second kappa shape index (κ2) is 10.2. The van der Waals surface area contributed by atoms with E-state index in [9.17, 15) is 8.76 Å². The Morgan fingerprint density at radius 3 is 2.36 bits per heavy atom. The lowest BCUT2D eigenvalue weighted by molar-refractivity contribution is 0.126. The van der Waals surface area contributed by atoms with Crippen LogP contribution in [0, 0.1) is 0 Å². The lowest BCUT2D eigenvalue weighted by Gasteiger charge is -2.24. The van der Waals surface area contributed by atoms with Gasteiger partial charge in [-0.2, -0.15) is 5.10 Å². The molecule has 200 valence electrons. The first-order valence-corrected chi connectivity index (χ1v) is 14.3. The lowest BCUT2D eigenvalue weighted by Crippen LogP contribution is -2.35. The molecule has 3 aromatic carbocycles. The summed E-state index contributed by atoms with van der Waals surface area (Å²) < 4.78 is 31.7. The third kappa shape index (κ3) is 4.83. The maximum absolute atomic E-state index is 11.8.